The maximum absolute atomic E-state index is 14.0. The average Bonchev–Trinajstić information content (AvgIpc) is 2.95. The second-order valence-corrected chi connectivity index (χ2v) is 11.8. The molecule has 0 bridgehead atoms. The molecule has 0 fully saturated rings. The molecule has 0 radical (unpaired) electrons. The number of carbonyl (C=O) groups is 3. The van der Waals surface area contributed by atoms with Crippen LogP contribution in [0.5, 0.6) is 5.75 Å². The van der Waals surface area contributed by atoms with E-state index in [1.54, 1.807) is 13.0 Å². The Bertz CT molecular complexity index is 1770. The van der Waals surface area contributed by atoms with E-state index in [1.165, 1.54) is 18.2 Å². The van der Waals surface area contributed by atoms with Gasteiger partial charge in [-0.05, 0) is 59.2 Å². The fourth-order valence-electron chi connectivity index (χ4n) is 7.03. The Morgan fingerprint density at radius 1 is 1.02 bits per heavy atom. The predicted molar refractivity (Wildman–Crippen MR) is 153 cm³/mol. The molecule has 0 aliphatic heterocycles. The van der Waals surface area contributed by atoms with Gasteiger partial charge in [0.1, 0.15) is 29.4 Å². The van der Waals surface area contributed by atoms with E-state index in [-0.39, 0.29) is 54.1 Å². The summed E-state index contributed by atoms with van der Waals surface area (Å²) in [4.78, 5) is 40.1. The SMILES string of the molecule is CC12Cc3c(-c4ccc(C(F)(F)F)cc4)ccc(O)c3C(=O)C1=C(O)C1C(=O)C(C(N)=O)=C(OCc3ccccc3)CC1C2. The maximum Gasteiger partial charge on any atom is 0.416 e. The molecule has 0 saturated carbocycles. The van der Waals surface area contributed by atoms with Crippen molar-refractivity contribution in [2.24, 2.45) is 23.0 Å². The van der Waals surface area contributed by atoms with Gasteiger partial charge < -0.3 is 20.7 Å². The number of halogens is 3. The minimum atomic E-state index is -4.52. The first-order valence-corrected chi connectivity index (χ1v) is 14.0. The van der Waals surface area contributed by atoms with Gasteiger partial charge in [0.05, 0.1) is 17.0 Å². The number of fused-ring (bicyclic) bond motifs is 3. The number of amides is 1. The lowest BCUT2D eigenvalue weighted by molar-refractivity contribution is -0.137. The van der Waals surface area contributed by atoms with E-state index in [4.69, 9.17) is 10.5 Å². The second kappa shape index (κ2) is 10.4. The lowest BCUT2D eigenvalue weighted by atomic mass is 9.55. The molecule has 3 unspecified atom stereocenters. The molecule has 6 rings (SSSR count). The van der Waals surface area contributed by atoms with Gasteiger partial charge in [-0.2, -0.15) is 13.2 Å². The molecule has 3 aliphatic rings. The van der Waals surface area contributed by atoms with Crippen LogP contribution in [0.1, 0.15) is 46.8 Å². The summed E-state index contributed by atoms with van der Waals surface area (Å²) in [7, 11) is 0. The Balaban J connectivity index is 1.41. The van der Waals surface area contributed by atoms with Gasteiger partial charge >= 0.3 is 6.18 Å². The minimum absolute atomic E-state index is 0.0306. The molecule has 10 heteroatoms. The fraction of sp³-hybridized carbons (Fsp3) is 0.265. The van der Waals surface area contributed by atoms with E-state index in [9.17, 15) is 37.8 Å². The molecule has 1 amide bonds. The largest absolute Gasteiger partial charge is 0.511 e. The number of ketones is 2. The third kappa shape index (κ3) is 4.74. The number of phenolic OH excluding ortho intramolecular Hbond substituents is 1. The monoisotopic (exact) mass is 603 g/mol. The summed E-state index contributed by atoms with van der Waals surface area (Å²) in [6.07, 6.45) is -4.00. The number of nitrogens with two attached hydrogens (primary N) is 1. The molecular weight excluding hydrogens is 575 g/mol. The van der Waals surface area contributed by atoms with Crippen molar-refractivity contribution in [3.8, 4) is 16.9 Å². The number of alkyl halides is 3. The highest BCUT2D eigenvalue weighted by Gasteiger charge is 2.55. The minimum Gasteiger partial charge on any atom is -0.511 e. The smallest absolute Gasteiger partial charge is 0.416 e. The summed E-state index contributed by atoms with van der Waals surface area (Å²) >= 11 is 0. The van der Waals surface area contributed by atoms with Gasteiger partial charge in [-0.15, -0.1) is 0 Å². The summed E-state index contributed by atoms with van der Waals surface area (Å²) in [6, 6.07) is 16.5. The number of Topliss-reactive ketones (excluding diaryl/α,β-unsaturated/α-hetero) is 2. The lowest BCUT2D eigenvalue weighted by Gasteiger charge is -2.47. The van der Waals surface area contributed by atoms with E-state index in [0.29, 0.717) is 16.7 Å². The predicted octanol–water partition coefficient (Wildman–Crippen LogP) is 6.20. The van der Waals surface area contributed by atoms with Crippen LogP contribution in [0.4, 0.5) is 13.2 Å². The first-order valence-electron chi connectivity index (χ1n) is 14.0. The van der Waals surface area contributed by atoms with Crippen molar-refractivity contribution in [2.75, 3.05) is 0 Å². The van der Waals surface area contributed by atoms with Crippen molar-refractivity contribution >= 4 is 17.5 Å². The quantitative estimate of drug-likeness (QED) is 0.298. The van der Waals surface area contributed by atoms with E-state index >= 15 is 0 Å². The normalized spacial score (nSPS) is 23.2. The molecular formula is C34H28F3NO6. The first kappa shape index (κ1) is 29.2. The summed E-state index contributed by atoms with van der Waals surface area (Å²) in [6.45, 7) is 1.86. The third-order valence-electron chi connectivity index (χ3n) is 8.93. The van der Waals surface area contributed by atoms with Crippen molar-refractivity contribution in [3.63, 3.8) is 0 Å². The van der Waals surface area contributed by atoms with E-state index in [2.05, 4.69) is 0 Å². The van der Waals surface area contributed by atoms with Gasteiger partial charge in [0.25, 0.3) is 5.91 Å². The summed E-state index contributed by atoms with van der Waals surface area (Å²) < 4.78 is 45.5. The molecule has 0 heterocycles. The number of aliphatic hydroxyl groups is 1. The van der Waals surface area contributed by atoms with Crippen LogP contribution in [0.2, 0.25) is 0 Å². The van der Waals surface area contributed by atoms with Crippen molar-refractivity contribution in [2.45, 2.75) is 39.0 Å². The number of hydrogen-bond acceptors (Lipinski definition) is 6. The van der Waals surface area contributed by atoms with Gasteiger partial charge in [-0.25, -0.2) is 0 Å². The maximum atomic E-state index is 14.0. The molecule has 3 aromatic carbocycles. The van der Waals surface area contributed by atoms with Crippen LogP contribution < -0.4 is 5.73 Å². The number of aromatic hydroxyl groups is 1. The number of carbonyl (C=O) groups excluding carboxylic acids is 3. The first-order chi connectivity index (χ1) is 20.8. The number of allylic oxidation sites excluding steroid dienone is 3. The number of primary amides is 1. The number of phenols is 1. The van der Waals surface area contributed by atoms with Gasteiger partial charge in [0, 0.05) is 17.4 Å². The number of aliphatic hydroxyl groups excluding tert-OH is 1. The highest BCUT2D eigenvalue weighted by atomic mass is 19.4. The Morgan fingerprint density at radius 2 is 1.70 bits per heavy atom. The lowest BCUT2D eigenvalue weighted by Crippen LogP contribution is -2.47. The number of rotatable bonds is 5. The second-order valence-electron chi connectivity index (χ2n) is 11.8. The van der Waals surface area contributed by atoms with Crippen LogP contribution in [-0.4, -0.2) is 27.7 Å². The molecule has 3 atom stereocenters. The summed E-state index contributed by atoms with van der Waals surface area (Å²) in [5.74, 6) is -4.84. The van der Waals surface area contributed by atoms with Crippen LogP contribution in [0.3, 0.4) is 0 Å². The van der Waals surface area contributed by atoms with Crippen LogP contribution >= 0.6 is 0 Å². The van der Waals surface area contributed by atoms with Crippen molar-refractivity contribution in [3.05, 3.63) is 112 Å². The zero-order valence-corrected chi connectivity index (χ0v) is 23.6. The molecule has 0 aromatic heterocycles. The molecule has 3 aliphatic carbocycles. The van der Waals surface area contributed by atoms with E-state index in [0.717, 1.165) is 17.7 Å². The van der Waals surface area contributed by atoms with Crippen LogP contribution in [0.25, 0.3) is 11.1 Å². The number of benzene rings is 3. The van der Waals surface area contributed by atoms with Gasteiger partial charge in [-0.3, -0.25) is 14.4 Å². The van der Waals surface area contributed by atoms with E-state index in [1.807, 2.05) is 30.3 Å². The number of hydrogen-bond donors (Lipinski definition) is 3. The molecule has 7 nitrogen and oxygen atoms in total. The van der Waals surface area contributed by atoms with Gasteiger partial charge in [-0.1, -0.05) is 55.5 Å². The summed E-state index contributed by atoms with van der Waals surface area (Å²) in [5, 5.41) is 22.3. The molecule has 0 spiro atoms. The standard InChI is InChI=1S/C34H28F3NO6/c1-33-14-19-13-24(44-16-17-5-3-2-4-6-17)27(32(38)43)29(40)25(19)30(41)28(33)31(42)26-22(15-33)21(11-12-23(26)39)18-7-9-20(10-8-18)34(35,36)37/h2-12,19,25,39,41H,13-16H2,1H3,(H2,38,43). The van der Waals surface area contributed by atoms with Crippen molar-refractivity contribution < 1.29 is 42.5 Å². The molecule has 3 aromatic rings. The van der Waals surface area contributed by atoms with Crippen molar-refractivity contribution in [1.29, 1.82) is 0 Å². The van der Waals surface area contributed by atoms with Gasteiger partial charge in [0.15, 0.2) is 11.6 Å². The average molecular weight is 604 g/mol. The Labute approximate surface area is 250 Å². The molecule has 44 heavy (non-hydrogen) atoms. The van der Waals surface area contributed by atoms with Crippen LogP contribution in [0, 0.1) is 17.3 Å². The van der Waals surface area contributed by atoms with E-state index < -0.39 is 52.2 Å². The third-order valence-corrected chi connectivity index (χ3v) is 8.93. The number of ether oxygens (including phenoxy) is 1. The Kier molecular flexibility index (Phi) is 6.90. The van der Waals surface area contributed by atoms with Crippen molar-refractivity contribution in [1.82, 2.24) is 0 Å². The zero-order valence-electron chi connectivity index (χ0n) is 23.6. The van der Waals surface area contributed by atoms with Crippen LogP contribution in [0.15, 0.2) is 89.4 Å². The topological polar surface area (TPSA) is 127 Å². The zero-order chi connectivity index (χ0) is 31.6. The highest BCUT2D eigenvalue weighted by molar-refractivity contribution is 6.22. The molecule has 226 valence electrons. The fourth-order valence-corrected chi connectivity index (χ4v) is 7.03. The highest BCUT2D eigenvalue weighted by Crippen LogP contribution is 2.56. The molecule has 4 N–H and O–H groups in total. The van der Waals surface area contributed by atoms with Crippen LogP contribution in [-0.2, 0) is 33.5 Å². The molecule has 0 saturated heterocycles. The van der Waals surface area contributed by atoms with Gasteiger partial charge in [0.2, 0.25) is 0 Å². The Morgan fingerprint density at radius 3 is 2.34 bits per heavy atom. The summed E-state index contributed by atoms with van der Waals surface area (Å²) in [5.41, 5.74) is 5.46. The Hall–Kier alpha value is -4.86.